The summed E-state index contributed by atoms with van der Waals surface area (Å²) in [5.74, 6) is 1.35. The van der Waals surface area contributed by atoms with Gasteiger partial charge >= 0.3 is 0 Å². The Morgan fingerprint density at radius 3 is 3.00 bits per heavy atom. The summed E-state index contributed by atoms with van der Waals surface area (Å²) < 4.78 is 5.49. The van der Waals surface area contributed by atoms with Gasteiger partial charge in [0.05, 0.1) is 23.6 Å². The minimum absolute atomic E-state index is 0.0781. The van der Waals surface area contributed by atoms with Crippen molar-refractivity contribution < 1.29 is 9.84 Å². The molecule has 3 heterocycles. The molecule has 6 nitrogen and oxygen atoms in total. The van der Waals surface area contributed by atoms with Crippen LogP contribution in [0.1, 0.15) is 18.7 Å². The molecule has 0 amide bonds. The van der Waals surface area contributed by atoms with E-state index in [0.717, 1.165) is 30.8 Å². The maximum atomic E-state index is 10.1. The monoisotopic (exact) mass is 300 g/mol. The fourth-order valence-electron chi connectivity index (χ4n) is 2.55. The van der Waals surface area contributed by atoms with Crippen LogP contribution in [0.2, 0.25) is 0 Å². The number of aryl methyl sites for hydroxylation is 1. The molecule has 2 aromatic heterocycles. The first-order chi connectivity index (χ1) is 10.7. The highest BCUT2D eigenvalue weighted by Gasteiger charge is 2.23. The summed E-state index contributed by atoms with van der Waals surface area (Å²) in [6, 6.07) is 7.55. The first kappa shape index (κ1) is 14.9. The predicted molar refractivity (Wildman–Crippen MR) is 83.5 cm³/mol. The Morgan fingerprint density at radius 2 is 2.27 bits per heavy atom. The zero-order valence-electron chi connectivity index (χ0n) is 12.6. The molecule has 2 unspecified atom stereocenters. The van der Waals surface area contributed by atoms with Crippen LogP contribution in [0.5, 0.6) is 0 Å². The summed E-state index contributed by atoms with van der Waals surface area (Å²) in [6.45, 7) is 2.98. The molecular weight excluding hydrogens is 280 g/mol. The predicted octanol–water partition coefficient (Wildman–Crippen LogP) is 1.80. The van der Waals surface area contributed by atoms with Gasteiger partial charge in [-0.3, -0.25) is 4.98 Å². The molecule has 1 aliphatic rings. The van der Waals surface area contributed by atoms with E-state index in [-0.39, 0.29) is 6.10 Å². The fourth-order valence-corrected chi connectivity index (χ4v) is 2.55. The van der Waals surface area contributed by atoms with Crippen molar-refractivity contribution in [2.24, 2.45) is 0 Å². The van der Waals surface area contributed by atoms with Crippen LogP contribution in [-0.4, -0.2) is 45.4 Å². The molecular formula is C16H20N4O2. The van der Waals surface area contributed by atoms with Crippen LogP contribution < -0.4 is 5.32 Å². The third kappa shape index (κ3) is 3.58. The molecule has 1 fully saturated rings. The number of aliphatic hydroxyl groups excluding tert-OH is 1. The zero-order chi connectivity index (χ0) is 15.4. The van der Waals surface area contributed by atoms with Gasteiger partial charge in [-0.2, -0.15) is 0 Å². The lowest BCUT2D eigenvalue weighted by molar-refractivity contribution is 0.00564. The smallest absolute Gasteiger partial charge is 0.130 e. The third-order valence-electron chi connectivity index (χ3n) is 3.65. The second-order valence-corrected chi connectivity index (χ2v) is 5.40. The van der Waals surface area contributed by atoms with E-state index in [2.05, 4.69) is 20.3 Å². The summed E-state index contributed by atoms with van der Waals surface area (Å²) in [6.07, 6.45) is 3.05. The van der Waals surface area contributed by atoms with Crippen molar-refractivity contribution in [1.29, 1.82) is 0 Å². The van der Waals surface area contributed by atoms with E-state index in [4.69, 9.17) is 4.74 Å². The van der Waals surface area contributed by atoms with Crippen molar-refractivity contribution in [3.8, 4) is 11.4 Å². The number of rotatable bonds is 5. The number of nitrogens with one attached hydrogen (secondary N) is 1. The minimum Gasteiger partial charge on any atom is -0.389 e. The van der Waals surface area contributed by atoms with E-state index in [9.17, 15) is 5.11 Å². The Balaban J connectivity index is 1.70. The normalized spacial score (nSPS) is 19.1. The molecule has 22 heavy (non-hydrogen) atoms. The van der Waals surface area contributed by atoms with E-state index in [1.165, 1.54) is 0 Å². The number of hydrogen-bond acceptors (Lipinski definition) is 6. The van der Waals surface area contributed by atoms with Gasteiger partial charge in [-0.25, -0.2) is 9.97 Å². The summed E-state index contributed by atoms with van der Waals surface area (Å²) in [7, 11) is 0. The number of pyridine rings is 1. The third-order valence-corrected chi connectivity index (χ3v) is 3.65. The zero-order valence-corrected chi connectivity index (χ0v) is 12.6. The van der Waals surface area contributed by atoms with Crippen molar-refractivity contribution >= 4 is 5.82 Å². The molecule has 2 N–H and O–H groups in total. The molecule has 0 bridgehead atoms. The van der Waals surface area contributed by atoms with Gasteiger partial charge in [-0.1, -0.05) is 6.07 Å². The van der Waals surface area contributed by atoms with Crippen LogP contribution in [0.25, 0.3) is 11.4 Å². The second-order valence-electron chi connectivity index (χ2n) is 5.40. The van der Waals surface area contributed by atoms with Crippen molar-refractivity contribution in [2.45, 2.75) is 32.0 Å². The number of anilines is 1. The SMILES string of the molecule is Cc1nc(NCC(O)C2CCCO2)cc(-c2ccccn2)n1. The van der Waals surface area contributed by atoms with E-state index in [0.29, 0.717) is 18.2 Å². The van der Waals surface area contributed by atoms with Gasteiger partial charge in [0.15, 0.2) is 0 Å². The fraction of sp³-hybridized carbons (Fsp3) is 0.438. The molecule has 0 spiro atoms. The quantitative estimate of drug-likeness (QED) is 0.876. The van der Waals surface area contributed by atoms with Gasteiger partial charge in [0.25, 0.3) is 0 Å². The lowest BCUT2D eigenvalue weighted by atomic mass is 10.1. The molecule has 6 heteroatoms. The maximum absolute atomic E-state index is 10.1. The Bertz CT molecular complexity index is 615. The molecule has 2 atom stereocenters. The van der Waals surface area contributed by atoms with Crippen LogP contribution in [0, 0.1) is 6.92 Å². The van der Waals surface area contributed by atoms with Crippen LogP contribution >= 0.6 is 0 Å². The van der Waals surface area contributed by atoms with E-state index < -0.39 is 6.10 Å². The number of nitrogens with zero attached hydrogens (tertiary/aromatic N) is 3. The van der Waals surface area contributed by atoms with Gasteiger partial charge in [0.1, 0.15) is 11.6 Å². The lowest BCUT2D eigenvalue weighted by Crippen LogP contribution is -2.32. The number of hydrogen-bond donors (Lipinski definition) is 2. The average Bonchev–Trinajstić information content (AvgIpc) is 3.07. The highest BCUT2D eigenvalue weighted by Crippen LogP contribution is 2.19. The first-order valence-electron chi connectivity index (χ1n) is 7.53. The number of ether oxygens (including phenoxy) is 1. The summed E-state index contributed by atoms with van der Waals surface area (Å²) in [5.41, 5.74) is 1.57. The van der Waals surface area contributed by atoms with Crippen LogP contribution in [0.15, 0.2) is 30.5 Å². The number of aromatic nitrogens is 3. The Labute approximate surface area is 129 Å². The molecule has 1 saturated heterocycles. The van der Waals surface area contributed by atoms with E-state index in [1.807, 2.05) is 31.2 Å². The van der Waals surface area contributed by atoms with Gasteiger partial charge in [-0.05, 0) is 31.9 Å². The topological polar surface area (TPSA) is 80.2 Å². The lowest BCUT2D eigenvalue weighted by Gasteiger charge is -2.18. The van der Waals surface area contributed by atoms with E-state index in [1.54, 1.807) is 6.20 Å². The molecule has 116 valence electrons. The van der Waals surface area contributed by atoms with Gasteiger partial charge in [0.2, 0.25) is 0 Å². The van der Waals surface area contributed by atoms with Crippen LogP contribution in [0.3, 0.4) is 0 Å². The van der Waals surface area contributed by atoms with Crippen molar-refractivity contribution in [3.05, 3.63) is 36.3 Å². The molecule has 0 aliphatic carbocycles. The Morgan fingerprint density at radius 1 is 1.36 bits per heavy atom. The number of aliphatic hydroxyl groups is 1. The molecule has 0 aromatic carbocycles. The van der Waals surface area contributed by atoms with Crippen LogP contribution in [-0.2, 0) is 4.74 Å². The maximum Gasteiger partial charge on any atom is 0.130 e. The average molecular weight is 300 g/mol. The Hall–Kier alpha value is -2.05. The molecule has 1 aliphatic heterocycles. The molecule has 0 saturated carbocycles. The summed E-state index contributed by atoms with van der Waals surface area (Å²) >= 11 is 0. The molecule has 0 radical (unpaired) electrons. The second kappa shape index (κ2) is 6.81. The summed E-state index contributed by atoms with van der Waals surface area (Å²) in [4.78, 5) is 13.1. The standard InChI is InChI=1S/C16H20N4O2/c1-11-19-13(12-5-2-3-7-17-12)9-16(20-11)18-10-14(21)15-6-4-8-22-15/h2-3,5,7,9,14-15,21H,4,6,8,10H2,1H3,(H,18,19,20). The van der Waals surface area contributed by atoms with Gasteiger partial charge in [-0.15, -0.1) is 0 Å². The van der Waals surface area contributed by atoms with Crippen molar-refractivity contribution in [2.75, 3.05) is 18.5 Å². The summed E-state index contributed by atoms with van der Waals surface area (Å²) in [5, 5.41) is 13.3. The highest BCUT2D eigenvalue weighted by atomic mass is 16.5. The van der Waals surface area contributed by atoms with Crippen LogP contribution in [0.4, 0.5) is 5.82 Å². The molecule has 2 aromatic rings. The minimum atomic E-state index is -0.531. The van der Waals surface area contributed by atoms with E-state index >= 15 is 0 Å². The first-order valence-corrected chi connectivity index (χ1v) is 7.53. The largest absolute Gasteiger partial charge is 0.389 e. The molecule has 3 rings (SSSR count). The van der Waals surface area contributed by atoms with Gasteiger partial charge in [0, 0.05) is 25.4 Å². The Kier molecular flexibility index (Phi) is 4.60. The van der Waals surface area contributed by atoms with Crippen molar-refractivity contribution in [3.63, 3.8) is 0 Å². The highest BCUT2D eigenvalue weighted by molar-refractivity contribution is 5.58. The van der Waals surface area contributed by atoms with Crippen molar-refractivity contribution in [1.82, 2.24) is 15.0 Å². The van der Waals surface area contributed by atoms with Gasteiger partial charge < -0.3 is 15.2 Å².